The Morgan fingerprint density at radius 3 is 2.24 bits per heavy atom. The SMILES string of the molecule is COc1ccc(/C(CC(=O)c2ccccc2S(N)(=O)=O)=N/NC(=O)OC(C)(C)C)cc1OC. The number of hydrogen-bond donors (Lipinski definition) is 2. The molecule has 0 saturated carbocycles. The largest absolute Gasteiger partial charge is 0.493 e. The molecule has 2 aromatic carbocycles. The summed E-state index contributed by atoms with van der Waals surface area (Å²) >= 11 is 0. The summed E-state index contributed by atoms with van der Waals surface area (Å²) in [5.74, 6) is 0.253. The van der Waals surface area contributed by atoms with Crippen molar-refractivity contribution in [2.45, 2.75) is 37.7 Å². The number of rotatable bonds is 8. The zero-order valence-corrected chi connectivity index (χ0v) is 19.9. The number of carbonyl (C=O) groups is 2. The zero-order valence-electron chi connectivity index (χ0n) is 19.0. The van der Waals surface area contributed by atoms with Gasteiger partial charge in [0.15, 0.2) is 17.3 Å². The molecule has 0 aliphatic heterocycles. The van der Waals surface area contributed by atoms with Gasteiger partial charge in [-0.15, -0.1) is 0 Å². The van der Waals surface area contributed by atoms with Gasteiger partial charge in [0.25, 0.3) is 0 Å². The molecule has 3 N–H and O–H groups in total. The summed E-state index contributed by atoms with van der Waals surface area (Å²) in [6, 6.07) is 10.4. The number of amides is 1. The van der Waals surface area contributed by atoms with Crippen LogP contribution in [-0.2, 0) is 14.8 Å². The molecule has 11 heteroatoms. The molecule has 0 bridgehead atoms. The van der Waals surface area contributed by atoms with Crippen LogP contribution in [0.25, 0.3) is 0 Å². The molecule has 0 atom stereocenters. The van der Waals surface area contributed by atoms with E-state index < -0.39 is 27.5 Å². The van der Waals surface area contributed by atoms with Crippen molar-refractivity contribution in [3.05, 3.63) is 53.6 Å². The second kappa shape index (κ2) is 10.5. The Balaban J connectivity index is 2.47. The molecule has 0 unspecified atom stereocenters. The van der Waals surface area contributed by atoms with Crippen LogP contribution in [-0.4, -0.2) is 45.8 Å². The van der Waals surface area contributed by atoms with Gasteiger partial charge in [-0.05, 0) is 45.0 Å². The molecular formula is C22H27N3O7S. The maximum absolute atomic E-state index is 13.0. The maximum atomic E-state index is 13.0. The number of Topliss-reactive ketones (excluding diaryl/α,β-unsaturated/α-hetero) is 1. The van der Waals surface area contributed by atoms with Crippen molar-refractivity contribution < 1.29 is 32.2 Å². The van der Waals surface area contributed by atoms with Gasteiger partial charge in [0, 0.05) is 11.1 Å². The predicted octanol–water partition coefficient (Wildman–Crippen LogP) is 2.85. The third kappa shape index (κ3) is 7.29. The van der Waals surface area contributed by atoms with Crippen LogP contribution in [0.3, 0.4) is 0 Å². The van der Waals surface area contributed by atoms with Gasteiger partial charge in [0.2, 0.25) is 10.0 Å². The molecule has 0 aromatic heterocycles. The van der Waals surface area contributed by atoms with E-state index in [1.165, 1.54) is 38.5 Å². The lowest BCUT2D eigenvalue weighted by Gasteiger charge is -2.19. The summed E-state index contributed by atoms with van der Waals surface area (Å²) in [5.41, 5.74) is 1.99. The maximum Gasteiger partial charge on any atom is 0.428 e. The molecule has 0 heterocycles. The van der Waals surface area contributed by atoms with Crippen molar-refractivity contribution in [2.75, 3.05) is 14.2 Å². The zero-order chi connectivity index (χ0) is 24.8. The van der Waals surface area contributed by atoms with Crippen molar-refractivity contribution in [2.24, 2.45) is 10.2 Å². The first-order chi connectivity index (χ1) is 15.4. The predicted molar refractivity (Wildman–Crippen MR) is 122 cm³/mol. The first-order valence-electron chi connectivity index (χ1n) is 9.78. The van der Waals surface area contributed by atoms with E-state index in [0.717, 1.165) is 0 Å². The standard InChI is InChI=1S/C22H27N3O7S/c1-22(2,3)32-21(27)25-24-16(14-10-11-18(30-4)19(12-14)31-5)13-17(26)15-8-6-7-9-20(15)33(23,28)29/h6-12H,13H2,1-5H3,(H,25,27)(H2,23,28,29)/b24-16+. The fraction of sp³-hybridized carbons (Fsp3) is 0.318. The summed E-state index contributed by atoms with van der Waals surface area (Å²) in [6.07, 6.45) is -1.17. The Kier molecular flexibility index (Phi) is 8.18. The Hall–Kier alpha value is -3.44. The van der Waals surface area contributed by atoms with Gasteiger partial charge in [-0.3, -0.25) is 4.79 Å². The van der Waals surface area contributed by atoms with Crippen LogP contribution in [0.15, 0.2) is 52.5 Å². The Labute approximate surface area is 192 Å². The molecule has 1 amide bonds. The van der Waals surface area contributed by atoms with Crippen molar-refractivity contribution in [3.8, 4) is 11.5 Å². The van der Waals surface area contributed by atoms with E-state index in [1.54, 1.807) is 39.0 Å². The molecule has 0 radical (unpaired) electrons. The highest BCUT2D eigenvalue weighted by Gasteiger charge is 2.22. The number of hydrogen-bond acceptors (Lipinski definition) is 8. The van der Waals surface area contributed by atoms with E-state index >= 15 is 0 Å². The topological polar surface area (TPSA) is 146 Å². The molecule has 0 aliphatic carbocycles. The number of nitrogens with one attached hydrogen (secondary N) is 1. The summed E-state index contributed by atoms with van der Waals surface area (Å²) in [4.78, 5) is 24.8. The molecular weight excluding hydrogens is 450 g/mol. The van der Waals surface area contributed by atoms with E-state index in [1.807, 2.05) is 0 Å². The number of carbonyl (C=O) groups excluding carboxylic acids is 2. The minimum atomic E-state index is -4.13. The van der Waals surface area contributed by atoms with E-state index in [-0.39, 0.29) is 22.6 Å². The van der Waals surface area contributed by atoms with Gasteiger partial charge in [-0.2, -0.15) is 5.10 Å². The molecule has 2 aromatic rings. The summed E-state index contributed by atoms with van der Waals surface area (Å²) in [5, 5.41) is 9.31. The van der Waals surface area contributed by atoms with Crippen LogP contribution >= 0.6 is 0 Å². The molecule has 33 heavy (non-hydrogen) atoms. The number of ether oxygens (including phenoxy) is 3. The Morgan fingerprint density at radius 2 is 1.67 bits per heavy atom. The number of ketones is 1. The van der Waals surface area contributed by atoms with Crippen molar-refractivity contribution in [3.63, 3.8) is 0 Å². The first kappa shape index (κ1) is 25.8. The first-order valence-corrected chi connectivity index (χ1v) is 11.3. The lowest BCUT2D eigenvalue weighted by Crippen LogP contribution is -2.30. The minimum Gasteiger partial charge on any atom is -0.493 e. The van der Waals surface area contributed by atoms with Crippen LogP contribution in [0.2, 0.25) is 0 Å². The highest BCUT2D eigenvalue weighted by atomic mass is 32.2. The highest BCUT2D eigenvalue weighted by molar-refractivity contribution is 7.89. The Bertz CT molecular complexity index is 1170. The number of benzene rings is 2. The smallest absolute Gasteiger partial charge is 0.428 e. The molecule has 2 rings (SSSR count). The summed E-state index contributed by atoms with van der Waals surface area (Å²) in [7, 11) is -1.21. The lowest BCUT2D eigenvalue weighted by atomic mass is 10.0. The van der Waals surface area contributed by atoms with Gasteiger partial charge in [0.1, 0.15) is 5.60 Å². The number of sulfonamides is 1. The van der Waals surface area contributed by atoms with E-state index in [4.69, 9.17) is 19.3 Å². The van der Waals surface area contributed by atoms with Crippen molar-refractivity contribution in [1.82, 2.24) is 5.43 Å². The number of primary sulfonamides is 1. The summed E-state index contributed by atoms with van der Waals surface area (Å²) < 4.78 is 39.5. The molecule has 178 valence electrons. The van der Waals surface area contributed by atoms with Crippen LogP contribution in [0.5, 0.6) is 11.5 Å². The van der Waals surface area contributed by atoms with Gasteiger partial charge >= 0.3 is 6.09 Å². The van der Waals surface area contributed by atoms with Gasteiger partial charge < -0.3 is 14.2 Å². The normalized spacial score (nSPS) is 12.1. The Morgan fingerprint density at radius 1 is 1.03 bits per heavy atom. The lowest BCUT2D eigenvalue weighted by molar-refractivity contribution is 0.0528. The molecule has 0 saturated heterocycles. The fourth-order valence-corrected chi connectivity index (χ4v) is 3.58. The van der Waals surface area contributed by atoms with Crippen LogP contribution in [0, 0.1) is 0 Å². The average Bonchev–Trinajstić information content (AvgIpc) is 2.74. The van der Waals surface area contributed by atoms with E-state index in [9.17, 15) is 18.0 Å². The van der Waals surface area contributed by atoms with Gasteiger partial charge in [-0.1, -0.05) is 18.2 Å². The number of methoxy groups -OCH3 is 2. The molecule has 10 nitrogen and oxygen atoms in total. The van der Waals surface area contributed by atoms with E-state index in [0.29, 0.717) is 17.1 Å². The molecule has 0 spiro atoms. The third-order valence-electron chi connectivity index (χ3n) is 4.22. The summed E-state index contributed by atoms with van der Waals surface area (Å²) in [6.45, 7) is 5.08. The van der Waals surface area contributed by atoms with Crippen molar-refractivity contribution >= 4 is 27.6 Å². The third-order valence-corrected chi connectivity index (χ3v) is 5.19. The fourth-order valence-electron chi connectivity index (χ4n) is 2.83. The van der Waals surface area contributed by atoms with Gasteiger partial charge in [-0.25, -0.2) is 23.8 Å². The van der Waals surface area contributed by atoms with Crippen molar-refractivity contribution in [1.29, 1.82) is 0 Å². The van der Waals surface area contributed by atoms with Crippen LogP contribution in [0.1, 0.15) is 43.1 Å². The molecule has 0 fully saturated rings. The quantitative estimate of drug-likeness (QED) is 0.338. The monoisotopic (exact) mass is 477 g/mol. The highest BCUT2D eigenvalue weighted by Crippen LogP contribution is 2.28. The van der Waals surface area contributed by atoms with Crippen LogP contribution in [0.4, 0.5) is 4.79 Å². The van der Waals surface area contributed by atoms with Crippen LogP contribution < -0.4 is 20.0 Å². The minimum absolute atomic E-state index is 0.0922. The van der Waals surface area contributed by atoms with E-state index in [2.05, 4.69) is 10.5 Å². The number of nitrogens with zero attached hydrogens (tertiary/aromatic N) is 1. The molecule has 0 aliphatic rings. The average molecular weight is 478 g/mol. The second-order valence-electron chi connectivity index (χ2n) is 7.88. The second-order valence-corrected chi connectivity index (χ2v) is 9.41. The number of nitrogens with two attached hydrogens (primary N) is 1. The number of hydrazone groups is 1. The van der Waals surface area contributed by atoms with Gasteiger partial charge in [0.05, 0.1) is 31.2 Å².